The molecule has 4 nitrogen and oxygen atoms in total. The summed E-state index contributed by atoms with van der Waals surface area (Å²) in [6, 6.07) is 7.80. The van der Waals surface area contributed by atoms with E-state index in [9.17, 15) is 0 Å². The molecule has 4 N–H and O–H groups in total. The SMILES string of the molecule is N/C=[NH+]\c1nc2ccccc2[nH]1. The Kier molecular flexibility index (Phi) is 1.51. The van der Waals surface area contributed by atoms with Gasteiger partial charge in [-0.25, -0.2) is 4.99 Å². The minimum Gasteiger partial charge on any atom is -0.341 e. The molecule has 0 spiro atoms. The zero-order valence-corrected chi connectivity index (χ0v) is 6.41. The molecule has 0 saturated heterocycles. The van der Waals surface area contributed by atoms with E-state index in [2.05, 4.69) is 15.0 Å². The van der Waals surface area contributed by atoms with Crippen LogP contribution in [0.15, 0.2) is 24.3 Å². The number of nitrogens with one attached hydrogen (secondary N) is 2. The molecule has 0 saturated carbocycles. The Morgan fingerprint density at radius 3 is 3.00 bits per heavy atom. The predicted octanol–water partition coefficient (Wildman–Crippen LogP) is -0.738. The lowest BCUT2D eigenvalue weighted by molar-refractivity contribution is -0.358. The fourth-order valence-electron chi connectivity index (χ4n) is 1.10. The normalized spacial score (nSPS) is 11.3. The summed E-state index contributed by atoms with van der Waals surface area (Å²) in [4.78, 5) is 10.1. The second-order valence-electron chi connectivity index (χ2n) is 2.41. The van der Waals surface area contributed by atoms with Crippen LogP contribution in [0, 0.1) is 0 Å². The van der Waals surface area contributed by atoms with Crippen LogP contribution in [0.2, 0.25) is 0 Å². The lowest BCUT2D eigenvalue weighted by Gasteiger charge is -1.77. The number of H-pyrrole nitrogens is 1. The number of nitrogens with zero attached hydrogens (tertiary/aromatic N) is 1. The second kappa shape index (κ2) is 2.65. The third-order valence-electron chi connectivity index (χ3n) is 1.61. The van der Waals surface area contributed by atoms with Gasteiger partial charge in [0.05, 0.1) is 0 Å². The van der Waals surface area contributed by atoms with Crippen molar-refractivity contribution in [3.8, 4) is 0 Å². The Bertz CT molecular complexity index is 383. The maximum atomic E-state index is 5.19. The lowest BCUT2D eigenvalue weighted by Crippen LogP contribution is -2.64. The van der Waals surface area contributed by atoms with Crippen LogP contribution in [0.1, 0.15) is 0 Å². The number of rotatable bonds is 1. The fourth-order valence-corrected chi connectivity index (χ4v) is 1.10. The van der Waals surface area contributed by atoms with E-state index in [0.29, 0.717) is 5.95 Å². The van der Waals surface area contributed by atoms with Gasteiger partial charge in [-0.15, -0.1) is 4.98 Å². The Balaban J connectivity index is 2.62. The van der Waals surface area contributed by atoms with Crippen LogP contribution in [0.3, 0.4) is 0 Å². The average molecular weight is 161 g/mol. The Morgan fingerprint density at radius 2 is 2.25 bits per heavy atom. The molecule has 0 fully saturated rings. The minimum absolute atomic E-state index is 0.665. The van der Waals surface area contributed by atoms with E-state index < -0.39 is 0 Å². The molecule has 0 amide bonds. The van der Waals surface area contributed by atoms with Gasteiger partial charge in [0.2, 0.25) is 0 Å². The van der Waals surface area contributed by atoms with Crippen LogP contribution >= 0.6 is 0 Å². The number of hydrogen-bond donors (Lipinski definition) is 3. The van der Waals surface area contributed by atoms with Crippen LogP contribution in [-0.2, 0) is 0 Å². The summed E-state index contributed by atoms with van der Waals surface area (Å²) >= 11 is 0. The molecule has 1 heterocycles. The molecule has 0 unspecified atom stereocenters. The van der Waals surface area contributed by atoms with Gasteiger partial charge < -0.3 is 5.73 Å². The molecular weight excluding hydrogens is 152 g/mol. The highest BCUT2D eigenvalue weighted by atomic mass is 15.1. The van der Waals surface area contributed by atoms with E-state index in [1.807, 2.05) is 24.3 Å². The number of para-hydroxylation sites is 2. The van der Waals surface area contributed by atoms with Gasteiger partial charge in [-0.05, 0) is 12.1 Å². The Labute approximate surface area is 69.1 Å². The molecule has 2 rings (SSSR count). The first-order valence-electron chi connectivity index (χ1n) is 3.65. The van der Waals surface area contributed by atoms with Crippen LogP contribution in [0.4, 0.5) is 5.95 Å². The number of imidazole rings is 1. The van der Waals surface area contributed by atoms with E-state index >= 15 is 0 Å². The number of hydrogen-bond acceptors (Lipinski definition) is 1. The maximum Gasteiger partial charge on any atom is 0.349 e. The van der Waals surface area contributed by atoms with Crippen LogP contribution in [0.25, 0.3) is 11.0 Å². The third-order valence-corrected chi connectivity index (χ3v) is 1.61. The molecule has 2 aromatic rings. The van der Waals surface area contributed by atoms with Crippen molar-refractivity contribution >= 4 is 23.3 Å². The van der Waals surface area contributed by atoms with Gasteiger partial charge in [-0.3, -0.25) is 4.98 Å². The first kappa shape index (κ1) is 6.84. The van der Waals surface area contributed by atoms with E-state index in [0.717, 1.165) is 11.0 Å². The van der Waals surface area contributed by atoms with Gasteiger partial charge in [0, 0.05) is 0 Å². The summed E-state index contributed by atoms with van der Waals surface area (Å²) in [5.41, 5.74) is 7.12. The highest BCUT2D eigenvalue weighted by Crippen LogP contribution is 2.09. The number of nitrogens with two attached hydrogens (primary N) is 1. The zero-order chi connectivity index (χ0) is 8.39. The van der Waals surface area contributed by atoms with Gasteiger partial charge in [0.15, 0.2) is 11.9 Å². The van der Waals surface area contributed by atoms with Crippen molar-refractivity contribution < 1.29 is 4.99 Å². The number of fused-ring (bicyclic) bond motifs is 1. The van der Waals surface area contributed by atoms with E-state index in [1.54, 1.807) is 0 Å². The molecule has 0 aliphatic carbocycles. The zero-order valence-electron chi connectivity index (χ0n) is 6.41. The predicted molar refractivity (Wildman–Crippen MR) is 47.0 cm³/mol. The molecule has 12 heavy (non-hydrogen) atoms. The topological polar surface area (TPSA) is 68.7 Å². The summed E-state index contributed by atoms with van der Waals surface area (Å²) in [5.74, 6) is 0.665. The average Bonchev–Trinajstić information content (AvgIpc) is 2.47. The third kappa shape index (κ3) is 1.03. The van der Waals surface area contributed by atoms with Crippen LogP contribution in [-0.4, -0.2) is 16.3 Å². The monoisotopic (exact) mass is 161 g/mol. The van der Waals surface area contributed by atoms with Crippen molar-refractivity contribution in [1.29, 1.82) is 0 Å². The van der Waals surface area contributed by atoms with E-state index in [-0.39, 0.29) is 0 Å². The van der Waals surface area contributed by atoms with Gasteiger partial charge in [0.25, 0.3) is 0 Å². The number of benzene rings is 1. The van der Waals surface area contributed by atoms with Crippen molar-refractivity contribution in [2.24, 2.45) is 5.73 Å². The summed E-state index contributed by atoms with van der Waals surface area (Å²) in [6.45, 7) is 0. The molecule has 0 aliphatic rings. The molecule has 4 heteroatoms. The molecule has 0 atom stereocenters. The quantitative estimate of drug-likeness (QED) is 0.381. The molecule has 0 radical (unpaired) electrons. The minimum atomic E-state index is 0.665. The molecular formula is C8H9N4+. The van der Waals surface area contributed by atoms with Crippen molar-refractivity contribution in [3.05, 3.63) is 24.3 Å². The smallest absolute Gasteiger partial charge is 0.341 e. The number of aromatic nitrogens is 2. The fraction of sp³-hybridized carbons (Fsp3) is 0. The summed E-state index contributed by atoms with van der Waals surface area (Å²) in [7, 11) is 0. The first-order valence-corrected chi connectivity index (χ1v) is 3.65. The molecule has 1 aromatic carbocycles. The highest BCUT2D eigenvalue weighted by molar-refractivity contribution is 5.76. The standard InChI is InChI=1S/C8H8N4/c9-5-10-8-11-6-3-1-2-4-7(6)12-8/h1-5H,(H3,9,10,11,12)/p+1. The van der Waals surface area contributed by atoms with E-state index in [1.165, 1.54) is 6.34 Å². The molecule has 0 bridgehead atoms. The number of aromatic amines is 1. The van der Waals surface area contributed by atoms with E-state index in [4.69, 9.17) is 5.73 Å². The van der Waals surface area contributed by atoms with Crippen molar-refractivity contribution in [2.45, 2.75) is 0 Å². The van der Waals surface area contributed by atoms with Gasteiger partial charge in [-0.2, -0.15) is 0 Å². The molecule has 60 valence electrons. The molecule has 1 aromatic heterocycles. The van der Waals surface area contributed by atoms with Gasteiger partial charge in [-0.1, -0.05) is 12.1 Å². The van der Waals surface area contributed by atoms with Crippen molar-refractivity contribution in [1.82, 2.24) is 9.97 Å². The first-order chi connectivity index (χ1) is 5.90. The van der Waals surface area contributed by atoms with Crippen molar-refractivity contribution in [2.75, 3.05) is 0 Å². The maximum absolute atomic E-state index is 5.19. The summed E-state index contributed by atoms with van der Waals surface area (Å²) < 4.78 is 0. The molecule has 0 aliphatic heterocycles. The summed E-state index contributed by atoms with van der Waals surface area (Å²) in [6.07, 6.45) is 1.34. The highest BCUT2D eigenvalue weighted by Gasteiger charge is 2.03. The van der Waals surface area contributed by atoms with Crippen LogP contribution < -0.4 is 10.7 Å². The van der Waals surface area contributed by atoms with Crippen molar-refractivity contribution in [3.63, 3.8) is 0 Å². The van der Waals surface area contributed by atoms with Gasteiger partial charge in [0.1, 0.15) is 5.52 Å². The Hall–Kier alpha value is -1.84. The second-order valence-corrected chi connectivity index (χ2v) is 2.41. The summed E-state index contributed by atoms with van der Waals surface area (Å²) in [5, 5.41) is 0. The Morgan fingerprint density at radius 1 is 1.42 bits per heavy atom. The lowest BCUT2D eigenvalue weighted by atomic mass is 10.3. The van der Waals surface area contributed by atoms with Gasteiger partial charge >= 0.3 is 5.95 Å². The van der Waals surface area contributed by atoms with Crippen LogP contribution in [0.5, 0.6) is 0 Å². The largest absolute Gasteiger partial charge is 0.349 e.